The monoisotopic (exact) mass is 261 g/mol. The number of nitro groups is 1. The summed E-state index contributed by atoms with van der Waals surface area (Å²) in [5, 5.41) is 19.2. The van der Waals surface area contributed by atoms with Crippen LogP contribution in [0.2, 0.25) is 0 Å². The van der Waals surface area contributed by atoms with Crippen LogP contribution in [0.15, 0.2) is 36.8 Å². The summed E-state index contributed by atoms with van der Waals surface area (Å²) in [4.78, 5) is 27.8. The maximum Gasteiger partial charge on any atom is 0.363 e. The van der Waals surface area contributed by atoms with Crippen LogP contribution in [0.5, 0.6) is 11.5 Å². The molecule has 0 amide bonds. The van der Waals surface area contributed by atoms with E-state index in [1.54, 1.807) is 0 Å². The fourth-order valence-electron chi connectivity index (χ4n) is 1.27. The van der Waals surface area contributed by atoms with Crippen molar-refractivity contribution in [3.63, 3.8) is 0 Å². The lowest BCUT2D eigenvalue weighted by Crippen LogP contribution is -1.98. The van der Waals surface area contributed by atoms with E-state index in [2.05, 4.69) is 9.97 Å². The van der Waals surface area contributed by atoms with Crippen LogP contribution in [0.1, 0.15) is 10.4 Å². The topological polar surface area (TPSA) is 115 Å². The number of aromatic carboxylic acids is 1. The van der Waals surface area contributed by atoms with Crippen LogP contribution in [-0.4, -0.2) is 26.0 Å². The van der Waals surface area contributed by atoms with Crippen molar-refractivity contribution in [1.82, 2.24) is 9.97 Å². The highest BCUT2D eigenvalue weighted by atomic mass is 16.6. The molecule has 0 saturated carbocycles. The van der Waals surface area contributed by atoms with E-state index in [-0.39, 0.29) is 22.9 Å². The molecule has 0 bridgehead atoms. The quantitative estimate of drug-likeness (QED) is 0.659. The number of nitrogens with zero attached hydrogens (tertiary/aromatic N) is 3. The first-order valence-corrected chi connectivity index (χ1v) is 5.03. The van der Waals surface area contributed by atoms with Gasteiger partial charge in [-0.05, 0) is 22.0 Å². The summed E-state index contributed by atoms with van der Waals surface area (Å²) in [6.07, 6.45) is 3.68. The normalized spacial score (nSPS) is 9.89. The van der Waals surface area contributed by atoms with Gasteiger partial charge in [0, 0.05) is 12.3 Å². The molecule has 2 aromatic heterocycles. The van der Waals surface area contributed by atoms with Gasteiger partial charge >= 0.3 is 11.8 Å². The van der Waals surface area contributed by atoms with Gasteiger partial charge < -0.3 is 20.0 Å². The molecule has 0 aliphatic rings. The summed E-state index contributed by atoms with van der Waals surface area (Å²) >= 11 is 0. The minimum absolute atomic E-state index is 0.0210. The van der Waals surface area contributed by atoms with E-state index >= 15 is 0 Å². The first-order valence-electron chi connectivity index (χ1n) is 5.03. The molecule has 2 heterocycles. The lowest BCUT2D eigenvalue weighted by atomic mass is 10.3. The number of carbonyl (C=O) groups is 1. The fourth-order valence-corrected chi connectivity index (χ4v) is 1.27. The summed E-state index contributed by atoms with van der Waals surface area (Å²) in [6, 6.07) is 3.83. The van der Waals surface area contributed by atoms with E-state index in [9.17, 15) is 14.9 Å². The highest BCUT2D eigenvalue weighted by Crippen LogP contribution is 2.21. The van der Waals surface area contributed by atoms with E-state index < -0.39 is 10.9 Å². The maximum absolute atomic E-state index is 10.7. The zero-order chi connectivity index (χ0) is 13.8. The van der Waals surface area contributed by atoms with Crippen molar-refractivity contribution in [2.24, 2.45) is 0 Å². The number of pyridine rings is 2. The number of carboxylic acids is 1. The van der Waals surface area contributed by atoms with Crippen molar-refractivity contribution < 1.29 is 19.6 Å². The third kappa shape index (κ3) is 3.00. The van der Waals surface area contributed by atoms with E-state index in [4.69, 9.17) is 9.84 Å². The molecule has 0 aromatic carbocycles. The molecule has 0 radical (unpaired) electrons. The van der Waals surface area contributed by atoms with E-state index in [1.165, 1.54) is 36.8 Å². The maximum atomic E-state index is 10.7. The summed E-state index contributed by atoms with van der Waals surface area (Å²) < 4.78 is 5.29. The molecule has 0 aliphatic carbocycles. The molecular weight excluding hydrogens is 254 g/mol. The average Bonchev–Trinajstić information content (AvgIpc) is 2.39. The van der Waals surface area contributed by atoms with Gasteiger partial charge in [0.1, 0.15) is 5.75 Å². The number of hydrogen-bond donors (Lipinski definition) is 1. The number of rotatable bonds is 4. The molecule has 0 aliphatic heterocycles. The van der Waals surface area contributed by atoms with Gasteiger partial charge in [-0.15, -0.1) is 0 Å². The van der Waals surface area contributed by atoms with E-state index in [1.807, 2.05) is 0 Å². The Morgan fingerprint density at radius 1 is 1.26 bits per heavy atom. The van der Waals surface area contributed by atoms with Crippen LogP contribution in [0.3, 0.4) is 0 Å². The van der Waals surface area contributed by atoms with E-state index in [0.29, 0.717) is 0 Å². The van der Waals surface area contributed by atoms with Crippen molar-refractivity contribution in [3.8, 4) is 11.5 Å². The van der Waals surface area contributed by atoms with E-state index in [0.717, 1.165) is 0 Å². The number of hydrogen-bond acceptors (Lipinski definition) is 6. The Balaban J connectivity index is 2.19. The van der Waals surface area contributed by atoms with Crippen LogP contribution in [0, 0.1) is 10.1 Å². The first-order chi connectivity index (χ1) is 9.06. The van der Waals surface area contributed by atoms with Gasteiger partial charge in [-0.1, -0.05) is 0 Å². The minimum Gasteiger partial charge on any atom is -0.478 e. The Morgan fingerprint density at radius 2 is 2.05 bits per heavy atom. The second kappa shape index (κ2) is 5.08. The predicted octanol–water partition coefficient (Wildman–Crippen LogP) is 1.88. The fraction of sp³-hybridized carbons (Fsp3) is 0. The summed E-state index contributed by atoms with van der Waals surface area (Å²) in [5.74, 6) is -0.977. The highest BCUT2D eigenvalue weighted by molar-refractivity contribution is 5.87. The molecule has 1 N–H and O–H groups in total. The van der Waals surface area contributed by atoms with Gasteiger partial charge in [-0.3, -0.25) is 4.98 Å². The smallest absolute Gasteiger partial charge is 0.363 e. The van der Waals surface area contributed by atoms with Gasteiger partial charge in [-0.25, -0.2) is 4.79 Å². The van der Waals surface area contributed by atoms with Crippen molar-refractivity contribution >= 4 is 11.8 Å². The zero-order valence-electron chi connectivity index (χ0n) is 9.39. The molecule has 0 atom stereocenters. The third-order valence-corrected chi connectivity index (χ3v) is 2.10. The molecule has 0 spiro atoms. The molecule has 19 heavy (non-hydrogen) atoms. The Hall–Kier alpha value is -3.03. The van der Waals surface area contributed by atoms with Crippen molar-refractivity contribution in [3.05, 3.63) is 52.5 Å². The standard InChI is InChI=1S/C11H7N3O5/c15-11(16)7-3-9(5-12-4-7)19-8-1-2-10(13-6-8)14(17)18/h1-6H,(H,15,16). The zero-order valence-corrected chi connectivity index (χ0v) is 9.39. The third-order valence-electron chi connectivity index (χ3n) is 2.10. The summed E-state index contributed by atoms with van der Waals surface area (Å²) in [5.41, 5.74) is -0.0210. The minimum atomic E-state index is -1.13. The Labute approximate surface area is 106 Å². The lowest BCUT2D eigenvalue weighted by Gasteiger charge is -2.03. The Bertz CT molecular complexity index is 626. The van der Waals surface area contributed by atoms with Crippen LogP contribution >= 0.6 is 0 Å². The first kappa shape index (κ1) is 12.4. The highest BCUT2D eigenvalue weighted by Gasteiger charge is 2.09. The van der Waals surface area contributed by atoms with Crippen molar-refractivity contribution in [2.75, 3.05) is 0 Å². The molecule has 0 unspecified atom stereocenters. The molecule has 8 heteroatoms. The number of ether oxygens (including phenoxy) is 1. The number of aromatic nitrogens is 2. The van der Waals surface area contributed by atoms with Gasteiger partial charge in [0.05, 0.1) is 11.8 Å². The molecular formula is C11H7N3O5. The average molecular weight is 261 g/mol. The molecule has 8 nitrogen and oxygen atoms in total. The molecule has 0 saturated heterocycles. The van der Waals surface area contributed by atoms with Gasteiger partial charge in [-0.2, -0.15) is 0 Å². The summed E-state index contributed by atoms with van der Waals surface area (Å²) in [6.45, 7) is 0. The van der Waals surface area contributed by atoms with Gasteiger partial charge in [0.2, 0.25) is 0 Å². The Morgan fingerprint density at radius 3 is 2.63 bits per heavy atom. The largest absolute Gasteiger partial charge is 0.478 e. The van der Waals surface area contributed by atoms with Crippen LogP contribution in [-0.2, 0) is 0 Å². The van der Waals surface area contributed by atoms with Crippen LogP contribution in [0.25, 0.3) is 0 Å². The van der Waals surface area contributed by atoms with Crippen LogP contribution in [0.4, 0.5) is 5.82 Å². The molecule has 2 aromatic rings. The molecule has 96 valence electrons. The molecule has 2 rings (SSSR count). The number of carboxylic acid groups (broad SMARTS) is 1. The van der Waals surface area contributed by atoms with Gasteiger partial charge in [0.25, 0.3) is 0 Å². The second-order valence-corrected chi connectivity index (χ2v) is 3.43. The van der Waals surface area contributed by atoms with Gasteiger partial charge in [0.15, 0.2) is 11.9 Å². The summed E-state index contributed by atoms with van der Waals surface area (Å²) in [7, 11) is 0. The second-order valence-electron chi connectivity index (χ2n) is 3.43. The molecule has 0 fully saturated rings. The Kier molecular flexibility index (Phi) is 3.33. The van der Waals surface area contributed by atoms with Crippen molar-refractivity contribution in [2.45, 2.75) is 0 Å². The predicted molar refractivity (Wildman–Crippen MR) is 62.2 cm³/mol. The lowest BCUT2D eigenvalue weighted by molar-refractivity contribution is -0.389. The van der Waals surface area contributed by atoms with Crippen molar-refractivity contribution in [1.29, 1.82) is 0 Å². The van der Waals surface area contributed by atoms with Crippen LogP contribution < -0.4 is 4.74 Å². The SMILES string of the molecule is O=C(O)c1cncc(Oc2ccc([N+](=O)[O-])nc2)c1.